The first-order valence-electron chi connectivity index (χ1n) is 9.36. The zero-order valence-electron chi connectivity index (χ0n) is 14.6. The summed E-state index contributed by atoms with van der Waals surface area (Å²) in [6.07, 6.45) is 7.72. The van der Waals surface area contributed by atoms with Crippen molar-refractivity contribution in [3.8, 4) is 0 Å². The molecular weight excluding hydrogens is 292 g/mol. The van der Waals surface area contributed by atoms with Crippen LogP contribution in [0.25, 0.3) is 0 Å². The Kier molecular flexibility index (Phi) is 4.83. The van der Waals surface area contributed by atoms with Crippen molar-refractivity contribution in [2.45, 2.75) is 76.9 Å². The maximum atomic E-state index is 12.4. The van der Waals surface area contributed by atoms with E-state index in [-0.39, 0.29) is 17.7 Å². The monoisotopic (exact) mass is 322 g/mol. The van der Waals surface area contributed by atoms with E-state index < -0.39 is 0 Å². The van der Waals surface area contributed by atoms with Crippen molar-refractivity contribution >= 4 is 12.0 Å². The molecule has 3 atom stereocenters. The number of ether oxygens (including phenoxy) is 1. The van der Waals surface area contributed by atoms with Crippen LogP contribution in [-0.2, 0) is 9.53 Å². The summed E-state index contributed by atoms with van der Waals surface area (Å²) in [6.45, 7) is 6.27. The van der Waals surface area contributed by atoms with Crippen molar-refractivity contribution in [1.82, 2.24) is 9.80 Å². The molecule has 2 aliphatic heterocycles. The Labute approximate surface area is 139 Å². The lowest BCUT2D eigenvalue weighted by Crippen LogP contribution is -2.54. The van der Waals surface area contributed by atoms with Gasteiger partial charge in [-0.2, -0.15) is 0 Å². The first-order valence-corrected chi connectivity index (χ1v) is 9.36. The van der Waals surface area contributed by atoms with Crippen LogP contribution >= 0.6 is 0 Å². The Bertz CT molecular complexity index is 463. The Morgan fingerprint density at radius 1 is 1.26 bits per heavy atom. The van der Waals surface area contributed by atoms with Crippen LogP contribution in [0, 0.1) is 5.92 Å². The molecule has 2 heterocycles. The largest absolute Gasteiger partial charge is 0.446 e. The first kappa shape index (κ1) is 16.6. The minimum absolute atomic E-state index is 0.0226. The standard InChI is InChI=1S/C18H30N2O3/c1-3-19(4-2)17(22)23-15-9-11-18-10-6-12-20(18)16(21)8-5-7-14(18)13-15/h14-15H,3-13H2,1-2H3/t14-,15-,18+/m0/s1. The molecule has 0 aromatic carbocycles. The highest BCUT2D eigenvalue weighted by molar-refractivity contribution is 5.78. The van der Waals surface area contributed by atoms with Gasteiger partial charge in [0, 0.05) is 31.6 Å². The van der Waals surface area contributed by atoms with Crippen LogP contribution in [-0.4, -0.2) is 53.1 Å². The van der Waals surface area contributed by atoms with Gasteiger partial charge in [-0.3, -0.25) is 4.79 Å². The van der Waals surface area contributed by atoms with Gasteiger partial charge in [-0.05, 0) is 64.7 Å². The van der Waals surface area contributed by atoms with Gasteiger partial charge >= 0.3 is 6.09 Å². The lowest BCUT2D eigenvalue weighted by Gasteiger charge is -2.48. The third-order valence-corrected chi connectivity index (χ3v) is 6.27. The fraction of sp³-hybridized carbons (Fsp3) is 0.889. The smallest absolute Gasteiger partial charge is 0.410 e. The maximum Gasteiger partial charge on any atom is 0.410 e. The Balaban J connectivity index is 1.68. The summed E-state index contributed by atoms with van der Waals surface area (Å²) in [7, 11) is 0. The second-order valence-electron chi connectivity index (χ2n) is 7.29. The van der Waals surface area contributed by atoms with Crippen LogP contribution in [0.4, 0.5) is 4.79 Å². The summed E-state index contributed by atoms with van der Waals surface area (Å²) in [4.78, 5) is 28.6. The minimum atomic E-state index is -0.177. The number of carbonyl (C=O) groups is 2. The van der Waals surface area contributed by atoms with Crippen LogP contribution in [0.5, 0.6) is 0 Å². The lowest BCUT2D eigenvalue weighted by molar-refractivity contribution is -0.138. The normalized spacial score (nSPS) is 33.7. The molecule has 1 spiro atoms. The van der Waals surface area contributed by atoms with Crippen molar-refractivity contribution in [2.75, 3.05) is 19.6 Å². The molecule has 0 unspecified atom stereocenters. The minimum Gasteiger partial charge on any atom is -0.446 e. The highest BCUT2D eigenvalue weighted by atomic mass is 16.6. The number of rotatable bonds is 3. The van der Waals surface area contributed by atoms with Gasteiger partial charge in [-0.1, -0.05) is 0 Å². The SMILES string of the molecule is CCN(CC)C(=O)O[C@H]1CC[C@@]23CCCN2C(=O)CCC[C@H]3C1. The quantitative estimate of drug-likeness (QED) is 0.802. The third kappa shape index (κ3) is 2.94. The molecule has 0 bridgehead atoms. The maximum absolute atomic E-state index is 12.4. The molecule has 3 aliphatic rings. The average Bonchev–Trinajstić information content (AvgIpc) is 2.91. The number of nitrogens with zero attached hydrogens (tertiary/aromatic N) is 2. The van der Waals surface area contributed by atoms with Crippen molar-refractivity contribution in [2.24, 2.45) is 5.92 Å². The van der Waals surface area contributed by atoms with E-state index in [2.05, 4.69) is 4.90 Å². The van der Waals surface area contributed by atoms with Gasteiger partial charge in [0.1, 0.15) is 6.10 Å². The van der Waals surface area contributed by atoms with Gasteiger partial charge in [0.25, 0.3) is 0 Å². The van der Waals surface area contributed by atoms with Gasteiger partial charge in [-0.25, -0.2) is 4.79 Å². The molecule has 0 N–H and O–H groups in total. The van der Waals surface area contributed by atoms with Crippen LogP contribution in [0.15, 0.2) is 0 Å². The van der Waals surface area contributed by atoms with Gasteiger partial charge in [0.05, 0.1) is 0 Å². The van der Waals surface area contributed by atoms with Crippen molar-refractivity contribution in [3.63, 3.8) is 0 Å². The number of carbonyl (C=O) groups excluding carboxylic acids is 2. The molecule has 130 valence electrons. The highest BCUT2D eigenvalue weighted by Gasteiger charge is 2.52. The zero-order chi connectivity index (χ0) is 16.4. The van der Waals surface area contributed by atoms with Gasteiger partial charge < -0.3 is 14.5 Å². The molecule has 5 heteroatoms. The van der Waals surface area contributed by atoms with Gasteiger partial charge in [-0.15, -0.1) is 0 Å². The predicted molar refractivity (Wildman–Crippen MR) is 88.1 cm³/mol. The summed E-state index contributed by atoms with van der Waals surface area (Å²) in [5.74, 6) is 0.850. The van der Waals surface area contributed by atoms with Crippen molar-refractivity contribution in [1.29, 1.82) is 0 Å². The molecule has 3 fully saturated rings. The molecule has 23 heavy (non-hydrogen) atoms. The fourth-order valence-electron chi connectivity index (χ4n) is 5.06. The van der Waals surface area contributed by atoms with E-state index in [1.165, 1.54) is 0 Å². The van der Waals surface area contributed by atoms with Crippen LogP contribution < -0.4 is 0 Å². The third-order valence-electron chi connectivity index (χ3n) is 6.27. The van der Waals surface area contributed by atoms with E-state index in [4.69, 9.17) is 4.74 Å². The van der Waals surface area contributed by atoms with Crippen LogP contribution in [0.3, 0.4) is 0 Å². The second kappa shape index (κ2) is 6.70. The molecule has 1 saturated carbocycles. The molecular formula is C18H30N2O3. The van der Waals surface area contributed by atoms with E-state index in [1.807, 2.05) is 13.8 Å². The Morgan fingerprint density at radius 3 is 2.78 bits per heavy atom. The number of hydrogen-bond donors (Lipinski definition) is 0. The highest BCUT2D eigenvalue weighted by Crippen LogP contribution is 2.49. The van der Waals surface area contributed by atoms with Crippen LogP contribution in [0.1, 0.15) is 65.2 Å². The zero-order valence-corrected chi connectivity index (χ0v) is 14.6. The number of hydrogen-bond acceptors (Lipinski definition) is 3. The van der Waals surface area contributed by atoms with Crippen molar-refractivity contribution in [3.05, 3.63) is 0 Å². The second-order valence-corrected chi connectivity index (χ2v) is 7.29. The summed E-state index contributed by atoms with van der Waals surface area (Å²) in [5, 5.41) is 0. The molecule has 0 aromatic rings. The lowest BCUT2D eigenvalue weighted by atomic mass is 9.69. The topological polar surface area (TPSA) is 49.9 Å². The van der Waals surface area contributed by atoms with E-state index in [0.29, 0.717) is 31.3 Å². The van der Waals surface area contributed by atoms with E-state index in [0.717, 1.165) is 51.5 Å². The van der Waals surface area contributed by atoms with E-state index >= 15 is 0 Å². The summed E-state index contributed by atoms with van der Waals surface area (Å²) in [6, 6.07) is 0. The Morgan fingerprint density at radius 2 is 2.04 bits per heavy atom. The summed E-state index contributed by atoms with van der Waals surface area (Å²) in [5.41, 5.74) is 0.0751. The van der Waals surface area contributed by atoms with Crippen LogP contribution in [0.2, 0.25) is 0 Å². The van der Waals surface area contributed by atoms with Crippen molar-refractivity contribution < 1.29 is 14.3 Å². The van der Waals surface area contributed by atoms with E-state index in [9.17, 15) is 9.59 Å². The molecule has 2 saturated heterocycles. The fourth-order valence-corrected chi connectivity index (χ4v) is 5.06. The van der Waals surface area contributed by atoms with Gasteiger partial charge in [0.15, 0.2) is 0 Å². The molecule has 3 rings (SSSR count). The average molecular weight is 322 g/mol. The van der Waals surface area contributed by atoms with E-state index in [1.54, 1.807) is 4.90 Å². The molecule has 0 aromatic heterocycles. The molecule has 5 nitrogen and oxygen atoms in total. The first-order chi connectivity index (χ1) is 11.1. The molecule has 2 amide bonds. The number of amides is 2. The molecule has 0 radical (unpaired) electrons. The molecule has 1 aliphatic carbocycles. The predicted octanol–water partition coefficient (Wildman–Crippen LogP) is 3.18. The summed E-state index contributed by atoms with van der Waals surface area (Å²) >= 11 is 0. The Hall–Kier alpha value is -1.26. The van der Waals surface area contributed by atoms with Gasteiger partial charge in [0.2, 0.25) is 5.91 Å². The summed E-state index contributed by atoms with van der Waals surface area (Å²) < 4.78 is 5.78.